The van der Waals surface area contributed by atoms with Crippen LogP contribution in [0, 0.1) is 16.7 Å². The molecule has 0 radical (unpaired) electrons. The molecule has 9 unspecified atom stereocenters. The van der Waals surface area contributed by atoms with Crippen molar-refractivity contribution in [3.63, 3.8) is 0 Å². The molecule has 3 rings (SSSR count). The third-order valence-electron chi connectivity index (χ3n) is 7.03. The van der Waals surface area contributed by atoms with Crippen molar-refractivity contribution in [2.45, 2.75) is 76.5 Å². The predicted octanol–water partition coefficient (Wildman–Crippen LogP) is -0.831. The molecule has 9 atom stereocenters. The summed E-state index contributed by atoms with van der Waals surface area (Å²) >= 11 is 0. The minimum atomic E-state index is -1.46. The van der Waals surface area contributed by atoms with Gasteiger partial charge in [0.05, 0.1) is 12.7 Å². The molecule has 144 valence electrons. The molecule has 4 N–H and O–H groups in total. The summed E-state index contributed by atoms with van der Waals surface area (Å²) in [5, 5.41) is 39.3. The lowest BCUT2D eigenvalue weighted by Gasteiger charge is -2.44. The normalized spacial score (nSPS) is 51.5. The summed E-state index contributed by atoms with van der Waals surface area (Å²) in [6.07, 6.45) is -5.55. The van der Waals surface area contributed by atoms with Gasteiger partial charge in [0.1, 0.15) is 30.5 Å². The highest BCUT2D eigenvalue weighted by Crippen LogP contribution is 2.67. The number of hydrogen-bond acceptors (Lipinski definition) is 8. The zero-order chi connectivity index (χ0) is 18.6. The highest BCUT2D eigenvalue weighted by atomic mass is 16.7. The molecule has 0 amide bonds. The van der Waals surface area contributed by atoms with E-state index in [1.807, 2.05) is 0 Å². The minimum absolute atomic E-state index is 0.123. The maximum absolute atomic E-state index is 10.7. The van der Waals surface area contributed by atoms with Gasteiger partial charge in [0.2, 0.25) is 0 Å². The number of aliphatic hydroxyl groups is 4. The molecule has 1 heterocycles. The molecule has 8 heteroatoms. The van der Waals surface area contributed by atoms with Gasteiger partial charge in [-0.1, -0.05) is 20.8 Å². The second kappa shape index (κ2) is 6.44. The molecule has 25 heavy (non-hydrogen) atoms. The van der Waals surface area contributed by atoms with Crippen LogP contribution in [0.25, 0.3) is 0 Å². The van der Waals surface area contributed by atoms with E-state index in [-0.39, 0.29) is 29.0 Å². The van der Waals surface area contributed by atoms with Gasteiger partial charge in [-0.05, 0) is 18.3 Å². The van der Waals surface area contributed by atoms with Gasteiger partial charge in [0, 0.05) is 11.3 Å². The van der Waals surface area contributed by atoms with E-state index in [0.717, 1.165) is 0 Å². The summed E-state index contributed by atoms with van der Waals surface area (Å²) in [6.45, 7) is 6.29. The number of rotatable bonds is 5. The lowest BCUT2D eigenvalue weighted by Crippen LogP contribution is -2.60. The molecule has 2 bridgehead atoms. The predicted molar refractivity (Wildman–Crippen MR) is 84.2 cm³/mol. The Morgan fingerprint density at radius 1 is 1.16 bits per heavy atom. The van der Waals surface area contributed by atoms with Gasteiger partial charge in [-0.2, -0.15) is 0 Å². The molecule has 0 spiro atoms. The first-order chi connectivity index (χ1) is 11.7. The van der Waals surface area contributed by atoms with Crippen LogP contribution < -0.4 is 0 Å². The Labute approximate surface area is 146 Å². The lowest BCUT2D eigenvalue weighted by atomic mass is 9.70. The number of fused-ring (bicyclic) bond motifs is 2. The molecular formula is C17H28O8. The van der Waals surface area contributed by atoms with E-state index >= 15 is 0 Å². The van der Waals surface area contributed by atoms with Gasteiger partial charge in [-0.15, -0.1) is 0 Å². The summed E-state index contributed by atoms with van der Waals surface area (Å²) in [7, 11) is 0. The monoisotopic (exact) mass is 360 g/mol. The van der Waals surface area contributed by atoms with Gasteiger partial charge < -0.3 is 34.6 Å². The zero-order valence-corrected chi connectivity index (χ0v) is 14.7. The Balaban J connectivity index is 1.75. The average molecular weight is 360 g/mol. The van der Waals surface area contributed by atoms with Crippen molar-refractivity contribution < 1.29 is 39.4 Å². The SMILES string of the molecule is CC1(C)C2CC(OC3OC(CO)C(O)C(O)C3O)C1(C)CC2OC=O. The lowest BCUT2D eigenvalue weighted by molar-refractivity contribution is -0.320. The molecule has 8 nitrogen and oxygen atoms in total. The summed E-state index contributed by atoms with van der Waals surface area (Å²) in [6, 6.07) is 0. The molecule has 2 aliphatic carbocycles. The summed E-state index contributed by atoms with van der Waals surface area (Å²) in [5.74, 6) is 0.123. The number of ether oxygens (including phenoxy) is 3. The first-order valence-electron chi connectivity index (χ1n) is 8.72. The van der Waals surface area contributed by atoms with Crippen molar-refractivity contribution in [1.29, 1.82) is 0 Å². The van der Waals surface area contributed by atoms with Crippen LogP contribution in [0.4, 0.5) is 0 Å². The Morgan fingerprint density at radius 3 is 2.36 bits per heavy atom. The molecule has 3 aliphatic rings. The van der Waals surface area contributed by atoms with Crippen LogP contribution in [0.15, 0.2) is 0 Å². The molecule has 2 saturated carbocycles. The van der Waals surface area contributed by atoms with Crippen LogP contribution in [0.3, 0.4) is 0 Å². The first-order valence-corrected chi connectivity index (χ1v) is 8.72. The van der Waals surface area contributed by atoms with Crippen molar-refractivity contribution >= 4 is 6.47 Å². The zero-order valence-electron chi connectivity index (χ0n) is 14.7. The van der Waals surface area contributed by atoms with Crippen molar-refractivity contribution in [2.24, 2.45) is 16.7 Å². The molecular weight excluding hydrogens is 332 g/mol. The number of aliphatic hydroxyl groups excluding tert-OH is 4. The molecule has 3 fully saturated rings. The third-order valence-corrected chi connectivity index (χ3v) is 7.03. The van der Waals surface area contributed by atoms with E-state index in [4.69, 9.17) is 14.2 Å². The standard InChI is InChI=1S/C17H28O8/c1-16(2)8-4-11(17(16,3)5-9(8)23-7-19)25-15-14(22)13(21)12(20)10(6-18)24-15/h7-15,18,20-22H,4-6H2,1-3H3. The highest BCUT2D eigenvalue weighted by Gasteiger charge is 2.67. The van der Waals surface area contributed by atoms with Gasteiger partial charge in [-0.3, -0.25) is 4.79 Å². The fraction of sp³-hybridized carbons (Fsp3) is 0.941. The number of carbonyl (C=O) groups excluding carboxylic acids is 1. The maximum atomic E-state index is 10.7. The second-order valence-corrected chi connectivity index (χ2v) is 8.28. The van der Waals surface area contributed by atoms with Gasteiger partial charge in [0.25, 0.3) is 6.47 Å². The van der Waals surface area contributed by atoms with Crippen LogP contribution in [0.2, 0.25) is 0 Å². The summed E-state index contributed by atoms with van der Waals surface area (Å²) in [5.41, 5.74) is -0.441. The van der Waals surface area contributed by atoms with Gasteiger partial charge in [-0.25, -0.2) is 0 Å². The second-order valence-electron chi connectivity index (χ2n) is 8.28. The molecule has 1 aliphatic heterocycles. The maximum Gasteiger partial charge on any atom is 0.293 e. The summed E-state index contributed by atoms with van der Waals surface area (Å²) < 4.78 is 16.7. The molecule has 0 aromatic carbocycles. The third kappa shape index (κ3) is 2.70. The molecule has 0 aromatic heterocycles. The minimum Gasteiger partial charge on any atom is -0.464 e. The average Bonchev–Trinajstić information content (AvgIpc) is 2.86. The van der Waals surface area contributed by atoms with E-state index in [1.165, 1.54) is 0 Å². The van der Waals surface area contributed by atoms with Gasteiger partial charge in [0.15, 0.2) is 6.29 Å². The van der Waals surface area contributed by atoms with Gasteiger partial charge >= 0.3 is 0 Å². The first kappa shape index (κ1) is 19.0. The molecule has 1 saturated heterocycles. The largest absolute Gasteiger partial charge is 0.464 e. The molecule has 0 aromatic rings. The quantitative estimate of drug-likeness (QED) is 0.468. The Kier molecular flexibility index (Phi) is 4.89. The fourth-order valence-corrected chi connectivity index (χ4v) is 4.96. The van der Waals surface area contributed by atoms with E-state index in [9.17, 15) is 25.2 Å². The van der Waals surface area contributed by atoms with Crippen LogP contribution >= 0.6 is 0 Å². The van der Waals surface area contributed by atoms with Crippen molar-refractivity contribution in [3.05, 3.63) is 0 Å². The Bertz CT molecular complexity index is 509. The van der Waals surface area contributed by atoms with Crippen LogP contribution in [-0.2, 0) is 19.0 Å². The number of hydrogen-bond donors (Lipinski definition) is 4. The summed E-state index contributed by atoms with van der Waals surface area (Å²) in [4.78, 5) is 10.7. The van der Waals surface area contributed by atoms with E-state index in [2.05, 4.69) is 20.8 Å². The van der Waals surface area contributed by atoms with Crippen LogP contribution in [0.5, 0.6) is 0 Å². The van der Waals surface area contributed by atoms with Crippen LogP contribution in [-0.4, -0.2) is 76.4 Å². The van der Waals surface area contributed by atoms with Crippen LogP contribution in [0.1, 0.15) is 33.6 Å². The Hall–Kier alpha value is -0.770. The van der Waals surface area contributed by atoms with Crippen molar-refractivity contribution in [3.8, 4) is 0 Å². The van der Waals surface area contributed by atoms with E-state index in [0.29, 0.717) is 19.3 Å². The topological polar surface area (TPSA) is 126 Å². The van der Waals surface area contributed by atoms with Crippen molar-refractivity contribution in [1.82, 2.24) is 0 Å². The fourth-order valence-electron chi connectivity index (χ4n) is 4.96. The van der Waals surface area contributed by atoms with E-state index in [1.54, 1.807) is 0 Å². The van der Waals surface area contributed by atoms with E-state index < -0.39 is 37.3 Å². The highest BCUT2D eigenvalue weighted by molar-refractivity contribution is 5.38. The smallest absolute Gasteiger partial charge is 0.293 e. The number of carbonyl (C=O) groups is 1. The van der Waals surface area contributed by atoms with Crippen molar-refractivity contribution in [2.75, 3.05) is 6.61 Å². The Morgan fingerprint density at radius 2 is 1.84 bits per heavy atom.